The van der Waals surface area contributed by atoms with Gasteiger partial charge in [-0.1, -0.05) is 19.9 Å². The molecule has 0 radical (unpaired) electrons. The molecular weight excluding hydrogens is 406 g/mol. The van der Waals surface area contributed by atoms with Crippen molar-refractivity contribution in [1.82, 2.24) is 20.2 Å². The number of hydrogen-bond acceptors (Lipinski definition) is 5. The molecule has 3 aromatic heterocycles. The van der Waals surface area contributed by atoms with Crippen LogP contribution in [0.4, 0.5) is 5.82 Å². The molecule has 0 atom stereocenters. The molecule has 6 nitrogen and oxygen atoms in total. The molecule has 0 fully saturated rings. The van der Waals surface area contributed by atoms with Crippen LogP contribution < -0.4 is 11.1 Å². The van der Waals surface area contributed by atoms with Crippen molar-refractivity contribution in [3.8, 4) is 11.1 Å². The number of fused-ring (bicyclic) bond motifs is 2. The Balaban J connectivity index is 1.56. The third-order valence-electron chi connectivity index (χ3n) is 5.55. The fraction of sp³-hybridized carbons (Fsp3) is 0.250. The molecule has 0 aliphatic heterocycles. The fourth-order valence-electron chi connectivity index (χ4n) is 3.74. The number of nitrogens with two attached hydrogens (primary N) is 1. The van der Waals surface area contributed by atoms with Crippen molar-refractivity contribution >= 4 is 50.1 Å². The molecule has 0 saturated carbocycles. The van der Waals surface area contributed by atoms with E-state index in [9.17, 15) is 4.79 Å². The van der Waals surface area contributed by atoms with Gasteiger partial charge in [-0.15, -0.1) is 11.3 Å². The molecule has 0 bridgehead atoms. The molecule has 31 heavy (non-hydrogen) atoms. The van der Waals surface area contributed by atoms with Crippen molar-refractivity contribution in [3.05, 3.63) is 53.7 Å². The number of H-pyrrole nitrogens is 1. The zero-order valence-corrected chi connectivity index (χ0v) is 18.6. The minimum atomic E-state index is -0.105. The van der Waals surface area contributed by atoms with Crippen molar-refractivity contribution in [2.75, 3.05) is 31.9 Å². The fourth-order valence-corrected chi connectivity index (χ4v) is 4.82. The van der Waals surface area contributed by atoms with Gasteiger partial charge in [-0.25, -0.2) is 4.98 Å². The topological polar surface area (TPSA) is 87.0 Å². The number of anilines is 1. The summed E-state index contributed by atoms with van der Waals surface area (Å²) in [5.41, 5.74) is 10.4. The Morgan fingerprint density at radius 2 is 2.13 bits per heavy atom. The van der Waals surface area contributed by atoms with Crippen LogP contribution in [0.25, 0.3) is 38.2 Å². The van der Waals surface area contributed by atoms with E-state index in [4.69, 9.17) is 5.73 Å². The maximum atomic E-state index is 12.2. The average molecular weight is 434 g/mol. The van der Waals surface area contributed by atoms with E-state index in [2.05, 4.69) is 63.7 Å². The van der Waals surface area contributed by atoms with Crippen molar-refractivity contribution < 1.29 is 4.79 Å². The molecule has 3 heterocycles. The number of aromatic amines is 1. The van der Waals surface area contributed by atoms with E-state index in [1.165, 1.54) is 0 Å². The highest BCUT2D eigenvalue weighted by Gasteiger charge is 2.14. The monoisotopic (exact) mass is 433 g/mol. The summed E-state index contributed by atoms with van der Waals surface area (Å²) in [4.78, 5) is 22.1. The minimum Gasteiger partial charge on any atom is -0.383 e. The van der Waals surface area contributed by atoms with Crippen molar-refractivity contribution in [2.24, 2.45) is 0 Å². The predicted molar refractivity (Wildman–Crippen MR) is 131 cm³/mol. The number of benzene rings is 1. The number of amides is 1. The van der Waals surface area contributed by atoms with Gasteiger partial charge in [0.2, 0.25) is 5.91 Å². The lowest BCUT2D eigenvalue weighted by atomic mass is 10.0. The van der Waals surface area contributed by atoms with Crippen LogP contribution in [-0.2, 0) is 4.79 Å². The van der Waals surface area contributed by atoms with Gasteiger partial charge >= 0.3 is 0 Å². The molecule has 1 aromatic carbocycles. The highest BCUT2D eigenvalue weighted by Crippen LogP contribution is 2.39. The number of nitrogen functional groups attached to an aromatic ring is 1. The number of hydrogen-bond donors (Lipinski definition) is 3. The minimum absolute atomic E-state index is 0.105. The first-order valence-electron chi connectivity index (χ1n) is 10.5. The molecule has 0 aliphatic rings. The van der Waals surface area contributed by atoms with Gasteiger partial charge < -0.3 is 20.9 Å². The summed E-state index contributed by atoms with van der Waals surface area (Å²) in [5, 5.41) is 7.14. The van der Waals surface area contributed by atoms with Gasteiger partial charge in [-0.3, -0.25) is 4.79 Å². The van der Waals surface area contributed by atoms with Gasteiger partial charge in [-0.2, -0.15) is 0 Å². The highest BCUT2D eigenvalue weighted by molar-refractivity contribution is 7.18. The second-order valence-electron chi connectivity index (χ2n) is 7.38. The summed E-state index contributed by atoms with van der Waals surface area (Å²) >= 11 is 1.62. The molecule has 0 saturated heterocycles. The van der Waals surface area contributed by atoms with E-state index in [0.29, 0.717) is 12.4 Å². The van der Waals surface area contributed by atoms with Crippen LogP contribution in [0.3, 0.4) is 0 Å². The first kappa shape index (κ1) is 21.1. The SMILES string of the molecule is CCN(CC)CCNC(=O)/C=C/c1cnc(N)c2c(-c3ccc4[nH]ccc4c3)csc12. The van der Waals surface area contributed by atoms with Gasteiger partial charge in [0.05, 0.1) is 0 Å². The van der Waals surface area contributed by atoms with Gasteiger partial charge in [0.1, 0.15) is 5.82 Å². The molecule has 4 N–H and O–H groups in total. The van der Waals surface area contributed by atoms with E-state index in [1.807, 2.05) is 12.3 Å². The Hall–Kier alpha value is -3.16. The van der Waals surface area contributed by atoms with Crippen LogP contribution >= 0.6 is 11.3 Å². The number of nitrogens with one attached hydrogen (secondary N) is 2. The molecule has 4 rings (SSSR count). The Kier molecular flexibility index (Phi) is 6.34. The predicted octanol–water partition coefficient (Wildman–Crippen LogP) is 4.50. The summed E-state index contributed by atoms with van der Waals surface area (Å²) in [6.07, 6.45) is 7.05. The molecular formula is C24H27N5OS. The van der Waals surface area contributed by atoms with E-state index in [-0.39, 0.29) is 5.91 Å². The lowest BCUT2D eigenvalue weighted by Crippen LogP contribution is -2.34. The number of rotatable bonds is 8. The number of nitrogens with zero attached hydrogens (tertiary/aromatic N) is 2. The molecule has 4 aromatic rings. The lowest BCUT2D eigenvalue weighted by molar-refractivity contribution is -0.116. The van der Waals surface area contributed by atoms with Crippen molar-refractivity contribution in [1.29, 1.82) is 0 Å². The van der Waals surface area contributed by atoms with Gasteiger partial charge in [0, 0.05) is 58.3 Å². The van der Waals surface area contributed by atoms with E-state index in [1.54, 1.807) is 23.6 Å². The quantitative estimate of drug-likeness (QED) is 0.357. The van der Waals surface area contributed by atoms with E-state index >= 15 is 0 Å². The number of carbonyl (C=O) groups is 1. The highest BCUT2D eigenvalue weighted by atomic mass is 32.1. The Bertz CT molecular complexity index is 1240. The van der Waals surface area contributed by atoms with Crippen LogP contribution in [0.2, 0.25) is 0 Å². The summed E-state index contributed by atoms with van der Waals surface area (Å²) in [7, 11) is 0. The van der Waals surface area contributed by atoms with Crippen LogP contribution in [0.15, 0.2) is 48.1 Å². The third kappa shape index (κ3) is 4.47. The maximum Gasteiger partial charge on any atom is 0.244 e. The average Bonchev–Trinajstić information content (AvgIpc) is 3.43. The summed E-state index contributed by atoms with van der Waals surface area (Å²) < 4.78 is 1.03. The zero-order valence-electron chi connectivity index (χ0n) is 17.8. The van der Waals surface area contributed by atoms with Crippen LogP contribution in [0.1, 0.15) is 19.4 Å². The van der Waals surface area contributed by atoms with Crippen LogP contribution in [-0.4, -0.2) is 47.0 Å². The molecule has 1 amide bonds. The first-order valence-corrected chi connectivity index (χ1v) is 11.4. The number of carbonyl (C=O) groups excluding carboxylic acids is 1. The Morgan fingerprint density at radius 1 is 1.29 bits per heavy atom. The summed E-state index contributed by atoms with van der Waals surface area (Å²) in [5.74, 6) is 0.396. The van der Waals surface area contributed by atoms with Crippen molar-refractivity contribution in [3.63, 3.8) is 0 Å². The largest absolute Gasteiger partial charge is 0.383 e. The molecule has 160 valence electrons. The lowest BCUT2D eigenvalue weighted by Gasteiger charge is -2.17. The Labute approximate surface area is 185 Å². The van der Waals surface area contributed by atoms with Gasteiger partial charge in [0.25, 0.3) is 0 Å². The summed E-state index contributed by atoms with van der Waals surface area (Å²) in [6, 6.07) is 8.37. The second kappa shape index (κ2) is 9.32. The molecule has 0 spiro atoms. The third-order valence-corrected chi connectivity index (χ3v) is 6.58. The number of pyridine rings is 1. The first-order chi connectivity index (χ1) is 15.1. The molecule has 0 aliphatic carbocycles. The number of thiophene rings is 1. The van der Waals surface area contributed by atoms with Crippen LogP contribution in [0, 0.1) is 0 Å². The second-order valence-corrected chi connectivity index (χ2v) is 8.26. The Morgan fingerprint density at radius 3 is 2.94 bits per heavy atom. The summed E-state index contributed by atoms with van der Waals surface area (Å²) in [6.45, 7) is 7.68. The van der Waals surface area contributed by atoms with Gasteiger partial charge in [0.15, 0.2) is 0 Å². The maximum absolute atomic E-state index is 12.2. The smallest absolute Gasteiger partial charge is 0.244 e. The molecule has 7 heteroatoms. The number of aromatic nitrogens is 2. The van der Waals surface area contributed by atoms with E-state index in [0.717, 1.165) is 57.3 Å². The molecule has 0 unspecified atom stereocenters. The van der Waals surface area contributed by atoms with E-state index < -0.39 is 0 Å². The normalized spacial score (nSPS) is 11.8. The van der Waals surface area contributed by atoms with Crippen LogP contribution in [0.5, 0.6) is 0 Å². The van der Waals surface area contributed by atoms with Gasteiger partial charge in [-0.05, 0) is 53.7 Å². The standard InChI is InChI=1S/C24H27N5OS/c1-3-29(4-2)12-11-27-21(30)8-6-18-14-28-24(25)22-19(15-31-23(18)22)16-5-7-20-17(13-16)9-10-26-20/h5-10,13-15,26H,3-4,11-12H2,1-2H3,(H2,25,28)(H,27,30)/b8-6+. The zero-order chi connectivity index (χ0) is 21.8. The number of likely N-dealkylation sites (N-methyl/N-ethyl adjacent to an activating group) is 1. The van der Waals surface area contributed by atoms with Crippen molar-refractivity contribution in [2.45, 2.75) is 13.8 Å².